The lowest BCUT2D eigenvalue weighted by molar-refractivity contribution is 0.0329. The van der Waals surface area contributed by atoms with Gasteiger partial charge in [-0.25, -0.2) is 0 Å². The zero-order chi connectivity index (χ0) is 10.4. The Bertz CT molecular complexity index is 144. The minimum Gasteiger partial charge on any atom is -0.396 e. The zero-order valence-electron chi connectivity index (χ0n) is 9.41. The highest BCUT2D eigenvalue weighted by Gasteiger charge is 2.23. The number of ether oxygens (including phenoxy) is 1. The van der Waals surface area contributed by atoms with Crippen LogP contribution in [0, 0.1) is 5.92 Å². The van der Waals surface area contributed by atoms with Crippen molar-refractivity contribution < 1.29 is 9.84 Å². The third kappa shape index (κ3) is 3.56. The number of piperidine rings is 1. The van der Waals surface area contributed by atoms with Gasteiger partial charge in [0.25, 0.3) is 0 Å². The molecule has 1 rings (SSSR count). The van der Waals surface area contributed by atoms with Crippen LogP contribution in [0.3, 0.4) is 0 Å². The standard InChI is InChI=1S/C11H23NO2/c1-10(14-2)11-4-7-12(8-5-11)6-3-9-13/h10-11,13H,3-9H2,1-2H3. The molecule has 84 valence electrons. The molecule has 1 atom stereocenters. The number of hydrogen-bond acceptors (Lipinski definition) is 3. The van der Waals surface area contributed by atoms with Crippen LogP contribution >= 0.6 is 0 Å². The first-order chi connectivity index (χ1) is 6.77. The monoisotopic (exact) mass is 201 g/mol. The normalized spacial score (nSPS) is 22.5. The van der Waals surface area contributed by atoms with Crippen LogP contribution in [0.5, 0.6) is 0 Å². The van der Waals surface area contributed by atoms with E-state index in [4.69, 9.17) is 9.84 Å². The van der Waals surface area contributed by atoms with Crippen molar-refractivity contribution >= 4 is 0 Å². The molecule has 3 heteroatoms. The highest BCUT2D eigenvalue weighted by atomic mass is 16.5. The Labute approximate surface area is 87.1 Å². The van der Waals surface area contributed by atoms with E-state index in [1.807, 2.05) is 0 Å². The number of likely N-dealkylation sites (tertiary alicyclic amines) is 1. The smallest absolute Gasteiger partial charge is 0.0572 e. The van der Waals surface area contributed by atoms with Gasteiger partial charge in [-0.2, -0.15) is 0 Å². The van der Waals surface area contributed by atoms with E-state index in [0.717, 1.165) is 18.9 Å². The van der Waals surface area contributed by atoms with Crippen LogP contribution in [0.1, 0.15) is 26.2 Å². The Morgan fingerprint density at radius 3 is 2.57 bits per heavy atom. The van der Waals surface area contributed by atoms with E-state index >= 15 is 0 Å². The fourth-order valence-corrected chi connectivity index (χ4v) is 2.13. The van der Waals surface area contributed by atoms with Crippen molar-refractivity contribution in [2.75, 3.05) is 33.4 Å². The van der Waals surface area contributed by atoms with Crippen molar-refractivity contribution in [3.05, 3.63) is 0 Å². The molecule has 3 nitrogen and oxygen atoms in total. The van der Waals surface area contributed by atoms with Gasteiger partial charge in [-0.05, 0) is 45.2 Å². The third-order valence-electron chi connectivity index (χ3n) is 3.30. The number of aliphatic hydroxyl groups excluding tert-OH is 1. The maximum Gasteiger partial charge on any atom is 0.0572 e. The maximum absolute atomic E-state index is 8.73. The minimum atomic E-state index is 0.314. The van der Waals surface area contributed by atoms with Gasteiger partial charge in [0, 0.05) is 20.3 Å². The molecular formula is C11H23NO2. The molecular weight excluding hydrogens is 178 g/mol. The van der Waals surface area contributed by atoms with Crippen molar-refractivity contribution in [1.29, 1.82) is 0 Å². The number of methoxy groups -OCH3 is 1. The van der Waals surface area contributed by atoms with Gasteiger partial charge in [-0.15, -0.1) is 0 Å². The molecule has 1 aliphatic rings. The SMILES string of the molecule is COC(C)C1CCN(CCCO)CC1. The van der Waals surface area contributed by atoms with Gasteiger partial charge in [-0.3, -0.25) is 0 Å². The van der Waals surface area contributed by atoms with E-state index in [1.165, 1.54) is 25.9 Å². The molecule has 14 heavy (non-hydrogen) atoms. The van der Waals surface area contributed by atoms with Crippen molar-refractivity contribution in [2.24, 2.45) is 5.92 Å². The van der Waals surface area contributed by atoms with Gasteiger partial charge in [0.05, 0.1) is 6.10 Å². The van der Waals surface area contributed by atoms with E-state index < -0.39 is 0 Å². The van der Waals surface area contributed by atoms with Crippen LogP contribution in [0.25, 0.3) is 0 Å². The topological polar surface area (TPSA) is 32.7 Å². The highest BCUT2D eigenvalue weighted by molar-refractivity contribution is 4.75. The van der Waals surface area contributed by atoms with Gasteiger partial charge >= 0.3 is 0 Å². The fourth-order valence-electron chi connectivity index (χ4n) is 2.13. The van der Waals surface area contributed by atoms with Crippen molar-refractivity contribution in [3.63, 3.8) is 0 Å². The summed E-state index contributed by atoms with van der Waals surface area (Å²) in [4.78, 5) is 2.44. The van der Waals surface area contributed by atoms with E-state index in [1.54, 1.807) is 7.11 Å². The number of nitrogens with zero attached hydrogens (tertiary/aromatic N) is 1. The fraction of sp³-hybridized carbons (Fsp3) is 1.00. The molecule has 1 fully saturated rings. The predicted molar refractivity (Wildman–Crippen MR) is 57.3 cm³/mol. The van der Waals surface area contributed by atoms with Crippen LogP contribution in [0.2, 0.25) is 0 Å². The molecule has 1 saturated heterocycles. The lowest BCUT2D eigenvalue weighted by atomic mass is 9.92. The minimum absolute atomic E-state index is 0.314. The van der Waals surface area contributed by atoms with Crippen LogP contribution < -0.4 is 0 Å². The van der Waals surface area contributed by atoms with Gasteiger partial charge in [0.2, 0.25) is 0 Å². The molecule has 0 aliphatic carbocycles. The van der Waals surface area contributed by atoms with Crippen LogP contribution in [-0.4, -0.2) is 49.5 Å². The lowest BCUT2D eigenvalue weighted by Crippen LogP contribution is -2.38. The summed E-state index contributed by atoms with van der Waals surface area (Å²) < 4.78 is 5.35. The molecule has 0 aromatic carbocycles. The Morgan fingerprint density at radius 2 is 2.07 bits per heavy atom. The zero-order valence-corrected chi connectivity index (χ0v) is 9.41. The maximum atomic E-state index is 8.73. The first-order valence-corrected chi connectivity index (χ1v) is 5.64. The van der Waals surface area contributed by atoms with Crippen LogP contribution in [0.15, 0.2) is 0 Å². The second-order valence-corrected chi connectivity index (χ2v) is 4.20. The first kappa shape index (κ1) is 12.0. The Hall–Kier alpha value is -0.120. The summed E-state index contributed by atoms with van der Waals surface area (Å²) in [5.41, 5.74) is 0. The molecule has 1 unspecified atom stereocenters. The largest absolute Gasteiger partial charge is 0.396 e. The summed E-state index contributed by atoms with van der Waals surface area (Å²) in [7, 11) is 1.79. The molecule has 0 saturated carbocycles. The Balaban J connectivity index is 2.17. The van der Waals surface area contributed by atoms with Crippen molar-refractivity contribution in [3.8, 4) is 0 Å². The van der Waals surface area contributed by atoms with E-state index in [0.29, 0.717) is 12.7 Å². The van der Waals surface area contributed by atoms with Gasteiger partial charge < -0.3 is 14.7 Å². The number of aliphatic hydroxyl groups is 1. The molecule has 0 amide bonds. The van der Waals surface area contributed by atoms with Crippen LogP contribution in [0.4, 0.5) is 0 Å². The molecule has 0 aromatic rings. The molecule has 1 N–H and O–H groups in total. The van der Waals surface area contributed by atoms with Crippen LogP contribution in [-0.2, 0) is 4.74 Å². The average molecular weight is 201 g/mol. The molecule has 0 radical (unpaired) electrons. The molecule has 0 spiro atoms. The summed E-state index contributed by atoms with van der Waals surface area (Å²) in [6.45, 7) is 5.85. The third-order valence-corrected chi connectivity index (χ3v) is 3.30. The average Bonchev–Trinajstić information content (AvgIpc) is 2.26. The van der Waals surface area contributed by atoms with E-state index in [9.17, 15) is 0 Å². The number of rotatable bonds is 5. The first-order valence-electron chi connectivity index (χ1n) is 5.64. The molecule has 1 heterocycles. The second-order valence-electron chi connectivity index (χ2n) is 4.20. The van der Waals surface area contributed by atoms with Gasteiger partial charge in [-0.1, -0.05) is 0 Å². The summed E-state index contributed by atoms with van der Waals surface area (Å²) in [6.07, 6.45) is 3.78. The predicted octanol–water partition coefficient (Wildman–Crippen LogP) is 1.12. The molecule has 0 aromatic heterocycles. The summed E-state index contributed by atoms with van der Waals surface area (Å²) >= 11 is 0. The Morgan fingerprint density at radius 1 is 1.43 bits per heavy atom. The Kier molecular flexibility index (Phi) is 5.45. The highest BCUT2D eigenvalue weighted by Crippen LogP contribution is 2.21. The van der Waals surface area contributed by atoms with E-state index in [2.05, 4.69) is 11.8 Å². The summed E-state index contributed by atoms with van der Waals surface area (Å²) in [6, 6.07) is 0. The van der Waals surface area contributed by atoms with Gasteiger partial charge in [0.15, 0.2) is 0 Å². The van der Waals surface area contributed by atoms with Crippen molar-refractivity contribution in [2.45, 2.75) is 32.3 Å². The summed E-state index contributed by atoms with van der Waals surface area (Å²) in [5.74, 6) is 0.727. The second kappa shape index (κ2) is 6.38. The molecule has 1 aliphatic heterocycles. The van der Waals surface area contributed by atoms with Gasteiger partial charge in [0.1, 0.15) is 0 Å². The summed E-state index contributed by atoms with van der Waals surface area (Å²) in [5, 5.41) is 8.73. The lowest BCUT2D eigenvalue weighted by Gasteiger charge is -2.34. The molecule has 0 bridgehead atoms. The van der Waals surface area contributed by atoms with E-state index in [-0.39, 0.29) is 0 Å². The van der Waals surface area contributed by atoms with Crippen molar-refractivity contribution in [1.82, 2.24) is 4.90 Å². The number of hydrogen-bond donors (Lipinski definition) is 1. The quantitative estimate of drug-likeness (QED) is 0.723.